The van der Waals surface area contributed by atoms with Crippen LogP contribution in [0.1, 0.15) is 29.3 Å². The fraction of sp³-hybridized carbons (Fsp3) is 0.353. The number of nitrogens with zero attached hydrogens (tertiary/aromatic N) is 1. The Kier molecular flexibility index (Phi) is 6.88. The van der Waals surface area contributed by atoms with Crippen molar-refractivity contribution in [1.29, 1.82) is 0 Å². The molecule has 0 aliphatic rings. The molecule has 0 unspecified atom stereocenters. The minimum Gasteiger partial charge on any atom is -0.450 e. The van der Waals surface area contributed by atoms with Gasteiger partial charge in [-0.2, -0.15) is 0 Å². The molecule has 0 aliphatic heterocycles. The molecule has 0 aliphatic carbocycles. The summed E-state index contributed by atoms with van der Waals surface area (Å²) in [5, 5.41) is 5.63. The largest absolute Gasteiger partial charge is 0.450 e. The maximum absolute atomic E-state index is 13.6. The fourth-order valence-corrected chi connectivity index (χ4v) is 2.90. The summed E-state index contributed by atoms with van der Waals surface area (Å²) in [6.07, 6.45) is 1.79. The van der Waals surface area contributed by atoms with Gasteiger partial charge in [0.25, 0.3) is 0 Å². The minimum absolute atomic E-state index is 0.122. The highest BCUT2D eigenvalue weighted by Crippen LogP contribution is 2.22. The SMILES string of the molecule is CCOC(=O)NCCC(=O)Nc1ncc(Cc2ccc(C)c(F)c2)s1. The smallest absolute Gasteiger partial charge is 0.407 e. The van der Waals surface area contributed by atoms with E-state index in [0.29, 0.717) is 17.1 Å². The summed E-state index contributed by atoms with van der Waals surface area (Å²) in [5.74, 6) is -0.483. The number of anilines is 1. The van der Waals surface area contributed by atoms with Crippen LogP contribution in [0.2, 0.25) is 0 Å². The van der Waals surface area contributed by atoms with E-state index in [-0.39, 0.29) is 31.3 Å². The number of rotatable bonds is 7. The van der Waals surface area contributed by atoms with E-state index in [2.05, 4.69) is 15.6 Å². The molecule has 1 heterocycles. The first-order valence-corrected chi connectivity index (χ1v) is 8.69. The fourth-order valence-electron chi connectivity index (χ4n) is 2.04. The molecule has 0 fully saturated rings. The third kappa shape index (κ3) is 6.15. The number of halogens is 1. The average Bonchev–Trinajstić information content (AvgIpc) is 2.98. The molecule has 0 saturated heterocycles. The Bertz CT molecular complexity index is 748. The zero-order valence-electron chi connectivity index (χ0n) is 14.1. The molecule has 25 heavy (non-hydrogen) atoms. The maximum atomic E-state index is 13.6. The van der Waals surface area contributed by atoms with Crippen LogP contribution < -0.4 is 10.6 Å². The van der Waals surface area contributed by atoms with Crippen LogP contribution in [-0.4, -0.2) is 30.1 Å². The second kappa shape index (κ2) is 9.12. The number of benzene rings is 1. The van der Waals surface area contributed by atoms with E-state index in [9.17, 15) is 14.0 Å². The van der Waals surface area contributed by atoms with Crippen molar-refractivity contribution in [3.05, 3.63) is 46.2 Å². The second-order valence-electron chi connectivity index (χ2n) is 5.34. The van der Waals surface area contributed by atoms with Gasteiger partial charge in [-0.3, -0.25) is 4.79 Å². The standard InChI is InChI=1S/C17H20FN3O3S/c1-3-24-17(23)19-7-6-15(22)21-16-20-10-13(25-16)8-12-5-4-11(2)14(18)9-12/h4-5,9-10H,3,6-8H2,1-2H3,(H,19,23)(H,20,21,22). The van der Waals surface area contributed by atoms with Crippen LogP contribution in [0.15, 0.2) is 24.4 Å². The van der Waals surface area contributed by atoms with E-state index in [0.717, 1.165) is 10.4 Å². The number of aromatic nitrogens is 1. The third-order valence-corrected chi connectivity index (χ3v) is 4.22. The first-order valence-electron chi connectivity index (χ1n) is 7.88. The van der Waals surface area contributed by atoms with Crippen molar-refractivity contribution < 1.29 is 18.7 Å². The Morgan fingerprint density at radius 1 is 1.36 bits per heavy atom. The second-order valence-corrected chi connectivity index (χ2v) is 6.45. The predicted octanol–water partition coefficient (Wildman–Crippen LogP) is 3.26. The van der Waals surface area contributed by atoms with Crippen molar-refractivity contribution in [2.75, 3.05) is 18.5 Å². The molecular weight excluding hydrogens is 345 g/mol. The Morgan fingerprint density at radius 3 is 2.88 bits per heavy atom. The van der Waals surface area contributed by atoms with Gasteiger partial charge in [-0.15, -0.1) is 11.3 Å². The molecule has 2 rings (SSSR count). The number of amides is 2. The number of hydrogen-bond acceptors (Lipinski definition) is 5. The topological polar surface area (TPSA) is 80.3 Å². The van der Waals surface area contributed by atoms with E-state index in [1.165, 1.54) is 17.4 Å². The molecule has 1 aromatic carbocycles. The normalized spacial score (nSPS) is 10.4. The maximum Gasteiger partial charge on any atom is 0.407 e. The number of aryl methyl sites for hydroxylation is 1. The third-order valence-electron chi connectivity index (χ3n) is 3.31. The van der Waals surface area contributed by atoms with Crippen LogP contribution >= 0.6 is 11.3 Å². The predicted molar refractivity (Wildman–Crippen MR) is 94.3 cm³/mol. The minimum atomic E-state index is -0.544. The van der Waals surface area contributed by atoms with E-state index in [4.69, 9.17) is 4.74 Å². The summed E-state index contributed by atoms with van der Waals surface area (Å²) >= 11 is 1.34. The number of alkyl carbamates (subject to hydrolysis) is 1. The number of thiazole rings is 1. The van der Waals surface area contributed by atoms with Gasteiger partial charge in [0.15, 0.2) is 5.13 Å². The lowest BCUT2D eigenvalue weighted by molar-refractivity contribution is -0.116. The molecule has 0 spiro atoms. The van der Waals surface area contributed by atoms with Crippen molar-refractivity contribution in [3.8, 4) is 0 Å². The number of ether oxygens (including phenoxy) is 1. The zero-order valence-corrected chi connectivity index (χ0v) is 14.9. The molecule has 0 bridgehead atoms. The summed E-state index contributed by atoms with van der Waals surface area (Å²) in [5.41, 5.74) is 1.46. The van der Waals surface area contributed by atoms with Gasteiger partial charge in [-0.05, 0) is 31.0 Å². The monoisotopic (exact) mass is 365 g/mol. The van der Waals surface area contributed by atoms with E-state index < -0.39 is 6.09 Å². The van der Waals surface area contributed by atoms with Gasteiger partial charge < -0.3 is 15.4 Å². The molecule has 0 atom stereocenters. The zero-order chi connectivity index (χ0) is 18.2. The summed E-state index contributed by atoms with van der Waals surface area (Å²) in [4.78, 5) is 28.0. The number of carbonyl (C=O) groups is 2. The molecule has 0 radical (unpaired) electrons. The molecule has 2 aromatic rings. The van der Waals surface area contributed by atoms with Crippen LogP contribution in [0.4, 0.5) is 14.3 Å². The van der Waals surface area contributed by atoms with Crippen LogP contribution in [0.5, 0.6) is 0 Å². The first-order chi connectivity index (χ1) is 12.0. The van der Waals surface area contributed by atoms with E-state index in [1.807, 2.05) is 6.07 Å². The quantitative estimate of drug-likeness (QED) is 0.789. The van der Waals surface area contributed by atoms with Crippen molar-refractivity contribution in [3.63, 3.8) is 0 Å². The highest BCUT2D eigenvalue weighted by Gasteiger charge is 2.09. The van der Waals surface area contributed by atoms with Gasteiger partial charge in [0.2, 0.25) is 5.91 Å². The number of hydrogen-bond donors (Lipinski definition) is 2. The number of nitrogens with one attached hydrogen (secondary N) is 2. The molecule has 1 aromatic heterocycles. The molecular formula is C17H20FN3O3S. The van der Waals surface area contributed by atoms with Gasteiger partial charge >= 0.3 is 6.09 Å². The van der Waals surface area contributed by atoms with Crippen molar-refractivity contribution in [2.45, 2.75) is 26.7 Å². The Hall–Kier alpha value is -2.48. The Morgan fingerprint density at radius 2 is 2.16 bits per heavy atom. The van der Waals surface area contributed by atoms with E-state index >= 15 is 0 Å². The molecule has 6 nitrogen and oxygen atoms in total. The summed E-state index contributed by atoms with van der Waals surface area (Å²) < 4.78 is 18.3. The van der Waals surface area contributed by atoms with Crippen LogP contribution in [0, 0.1) is 12.7 Å². The molecule has 8 heteroatoms. The van der Waals surface area contributed by atoms with Gasteiger partial charge in [-0.25, -0.2) is 14.2 Å². The van der Waals surface area contributed by atoms with Crippen molar-refractivity contribution >= 4 is 28.5 Å². The van der Waals surface area contributed by atoms with Gasteiger partial charge in [-0.1, -0.05) is 12.1 Å². The van der Waals surface area contributed by atoms with Gasteiger partial charge in [0.05, 0.1) is 6.61 Å². The van der Waals surface area contributed by atoms with Crippen LogP contribution in [0.3, 0.4) is 0 Å². The molecule has 134 valence electrons. The Balaban J connectivity index is 1.81. The van der Waals surface area contributed by atoms with Crippen LogP contribution in [0.25, 0.3) is 0 Å². The summed E-state index contributed by atoms with van der Waals surface area (Å²) in [6, 6.07) is 5.12. The molecule has 2 N–H and O–H groups in total. The van der Waals surface area contributed by atoms with Crippen molar-refractivity contribution in [1.82, 2.24) is 10.3 Å². The van der Waals surface area contributed by atoms with Gasteiger partial charge in [0, 0.05) is 30.5 Å². The molecule has 0 saturated carbocycles. The number of carbonyl (C=O) groups excluding carboxylic acids is 2. The lowest BCUT2D eigenvalue weighted by atomic mass is 10.1. The van der Waals surface area contributed by atoms with Crippen LogP contribution in [-0.2, 0) is 16.0 Å². The first kappa shape index (κ1) is 18.9. The van der Waals surface area contributed by atoms with Gasteiger partial charge in [0.1, 0.15) is 5.82 Å². The lowest BCUT2D eigenvalue weighted by Crippen LogP contribution is -2.28. The summed E-state index contributed by atoms with van der Waals surface area (Å²) in [7, 11) is 0. The van der Waals surface area contributed by atoms with Crippen molar-refractivity contribution in [2.24, 2.45) is 0 Å². The highest BCUT2D eigenvalue weighted by molar-refractivity contribution is 7.15. The highest BCUT2D eigenvalue weighted by atomic mass is 32.1. The average molecular weight is 365 g/mol. The molecule has 2 amide bonds. The summed E-state index contributed by atoms with van der Waals surface area (Å²) in [6.45, 7) is 3.89. The lowest BCUT2D eigenvalue weighted by Gasteiger charge is -2.04. The van der Waals surface area contributed by atoms with E-state index in [1.54, 1.807) is 26.1 Å². The Labute approximate surface area is 149 Å².